The van der Waals surface area contributed by atoms with E-state index in [1.165, 1.54) is 23.0 Å². The molecule has 0 amide bonds. The zero-order valence-electron chi connectivity index (χ0n) is 15.8. The second-order valence-electron chi connectivity index (χ2n) is 6.46. The van der Waals surface area contributed by atoms with Crippen molar-refractivity contribution in [3.8, 4) is 0 Å². The second kappa shape index (κ2) is 8.90. The zero-order chi connectivity index (χ0) is 20.0. The molecule has 3 aromatic rings. The van der Waals surface area contributed by atoms with Gasteiger partial charge in [-0.25, -0.2) is 13.6 Å². The Morgan fingerprint density at radius 1 is 1.07 bits per heavy atom. The number of hydrogen-bond donors (Lipinski definition) is 3. The molecule has 1 aromatic heterocycles. The molecule has 148 valence electrons. The molecule has 2 aromatic carbocycles. The monoisotopic (exact) mass is 399 g/mol. The molecule has 0 aliphatic carbocycles. The van der Waals surface area contributed by atoms with Crippen molar-refractivity contribution in [3.05, 3.63) is 66.4 Å². The maximum Gasteiger partial charge on any atom is 0.238 e. The first kappa shape index (κ1) is 19.9. The summed E-state index contributed by atoms with van der Waals surface area (Å²) in [4.78, 5) is 4.32. The summed E-state index contributed by atoms with van der Waals surface area (Å²) in [5.74, 6) is 0.702. The summed E-state index contributed by atoms with van der Waals surface area (Å²) in [6.07, 6.45) is 3.07. The van der Waals surface area contributed by atoms with Crippen LogP contribution in [0.3, 0.4) is 0 Å². The molecule has 0 atom stereocenters. The number of nitrogens with two attached hydrogens (primary N) is 1. The number of aliphatic imine (C=N–C) groups is 1. The highest BCUT2D eigenvalue weighted by atomic mass is 32.2. The average Bonchev–Trinajstić information content (AvgIpc) is 3.10. The molecule has 0 saturated heterocycles. The lowest BCUT2D eigenvalue weighted by Gasteiger charge is -2.12. The van der Waals surface area contributed by atoms with Gasteiger partial charge in [0.25, 0.3) is 0 Å². The van der Waals surface area contributed by atoms with E-state index in [1.54, 1.807) is 19.2 Å². The standard InChI is InChI=1S/C20H25N5O2S/c1-22-20(24-15-16-7-9-18(10-8-16)28(21,26)27)23-12-4-13-25-14-11-17-5-2-3-6-19(17)25/h2-3,5-11,14H,4,12-13,15H2,1H3,(H2,21,26,27)(H2,22,23,24). The van der Waals surface area contributed by atoms with Crippen LogP contribution in [0.15, 0.2) is 70.7 Å². The fourth-order valence-corrected chi connectivity index (χ4v) is 3.51. The van der Waals surface area contributed by atoms with Crippen LogP contribution in [-0.2, 0) is 23.1 Å². The Morgan fingerprint density at radius 3 is 2.54 bits per heavy atom. The first-order valence-corrected chi connectivity index (χ1v) is 10.6. The summed E-state index contributed by atoms with van der Waals surface area (Å²) in [7, 11) is -1.94. The highest BCUT2D eigenvalue weighted by Gasteiger charge is 2.07. The lowest BCUT2D eigenvalue weighted by molar-refractivity contribution is 0.597. The minimum Gasteiger partial charge on any atom is -0.356 e. The normalized spacial score (nSPS) is 12.3. The molecule has 0 fully saturated rings. The van der Waals surface area contributed by atoms with Gasteiger partial charge in [0, 0.05) is 38.4 Å². The third kappa shape index (κ3) is 5.11. The number of sulfonamides is 1. The molecule has 0 saturated carbocycles. The molecule has 0 radical (unpaired) electrons. The predicted molar refractivity (Wildman–Crippen MR) is 113 cm³/mol. The maximum atomic E-state index is 11.3. The van der Waals surface area contributed by atoms with Crippen LogP contribution in [0.4, 0.5) is 0 Å². The van der Waals surface area contributed by atoms with Crippen molar-refractivity contribution >= 4 is 26.9 Å². The van der Waals surface area contributed by atoms with Gasteiger partial charge in [-0.2, -0.15) is 0 Å². The minimum atomic E-state index is -3.66. The molecule has 4 N–H and O–H groups in total. The van der Waals surface area contributed by atoms with Gasteiger partial charge in [-0.1, -0.05) is 30.3 Å². The van der Waals surface area contributed by atoms with Crippen molar-refractivity contribution in [1.29, 1.82) is 0 Å². The van der Waals surface area contributed by atoms with E-state index in [1.807, 2.05) is 6.07 Å². The lowest BCUT2D eigenvalue weighted by atomic mass is 10.2. The van der Waals surface area contributed by atoms with Gasteiger partial charge in [-0.05, 0) is 41.6 Å². The summed E-state index contributed by atoms with van der Waals surface area (Å²) in [6.45, 7) is 2.25. The van der Waals surface area contributed by atoms with Crippen LogP contribution in [0, 0.1) is 0 Å². The van der Waals surface area contributed by atoms with Gasteiger partial charge >= 0.3 is 0 Å². The highest BCUT2D eigenvalue weighted by molar-refractivity contribution is 7.89. The van der Waals surface area contributed by atoms with Crippen LogP contribution in [-0.4, -0.2) is 32.5 Å². The Kier molecular flexibility index (Phi) is 6.33. The van der Waals surface area contributed by atoms with Crippen molar-refractivity contribution in [2.45, 2.75) is 24.4 Å². The number of benzene rings is 2. The Labute approximate surface area is 165 Å². The van der Waals surface area contributed by atoms with Crippen LogP contribution in [0.1, 0.15) is 12.0 Å². The van der Waals surface area contributed by atoms with Gasteiger partial charge in [0.05, 0.1) is 4.90 Å². The van der Waals surface area contributed by atoms with E-state index < -0.39 is 10.0 Å². The number of nitrogens with one attached hydrogen (secondary N) is 2. The zero-order valence-corrected chi connectivity index (χ0v) is 16.6. The molecule has 0 spiro atoms. The topological polar surface area (TPSA) is 102 Å². The van der Waals surface area contributed by atoms with Crippen LogP contribution < -0.4 is 15.8 Å². The summed E-state index contributed by atoms with van der Waals surface area (Å²) >= 11 is 0. The number of para-hydroxylation sites is 1. The van der Waals surface area contributed by atoms with Crippen LogP contribution >= 0.6 is 0 Å². The predicted octanol–water partition coefficient (Wildman–Crippen LogP) is 2.04. The van der Waals surface area contributed by atoms with Crippen molar-refractivity contribution in [3.63, 3.8) is 0 Å². The maximum absolute atomic E-state index is 11.3. The molecule has 0 aliphatic rings. The van der Waals surface area contributed by atoms with Gasteiger partial charge in [-0.15, -0.1) is 0 Å². The fourth-order valence-electron chi connectivity index (χ4n) is 3.00. The van der Waals surface area contributed by atoms with Gasteiger partial charge in [0.15, 0.2) is 5.96 Å². The molecule has 0 aliphatic heterocycles. The Morgan fingerprint density at radius 2 is 1.82 bits per heavy atom. The van der Waals surface area contributed by atoms with E-state index in [0.29, 0.717) is 12.5 Å². The fraction of sp³-hybridized carbons (Fsp3) is 0.250. The van der Waals surface area contributed by atoms with Crippen molar-refractivity contribution in [2.24, 2.45) is 10.1 Å². The molecule has 0 bridgehead atoms. The third-order valence-electron chi connectivity index (χ3n) is 4.48. The molecule has 28 heavy (non-hydrogen) atoms. The van der Waals surface area contributed by atoms with E-state index in [9.17, 15) is 8.42 Å². The van der Waals surface area contributed by atoms with E-state index in [4.69, 9.17) is 5.14 Å². The number of primary sulfonamides is 1. The second-order valence-corrected chi connectivity index (χ2v) is 8.02. The highest BCUT2D eigenvalue weighted by Crippen LogP contribution is 2.15. The first-order chi connectivity index (χ1) is 13.5. The van der Waals surface area contributed by atoms with Crippen molar-refractivity contribution in [2.75, 3.05) is 13.6 Å². The number of nitrogens with zero attached hydrogens (tertiary/aromatic N) is 2. The molecule has 7 nitrogen and oxygen atoms in total. The smallest absolute Gasteiger partial charge is 0.238 e. The molecule has 8 heteroatoms. The molecular weight excluding hydrogens is 374 g/mol. The van der Waals surface area contributed by atoms with Crippen LogP contribution in [0.25, 0.3) is 10.9 Å². The molecule has 0 unspecified atom stereocenters. The average molecular weight is 400 g/mol. The number of aromatic nitrogens is 1. The molecular formula is C20H25N5O2S. The van der Waals surface area contributed by atoms with Crippen molar-refractivity contribution < 1.29 is 8.42 Å². The number of aryl methyl sites for hydroxylation is 1. The Bertz CT molecular complexity index is 1060. The molecule has 1 heterocycles. The van der Waals surface area contributed by atoms with Gasteiger partial charge < -0.3 is 15.2 Å². The lowest BCUT2D eigenvalue weighted by Crippen LogP contribution is -2.37. The minimum absolute atomic E-state index is 0.108. The number of fused-ring (bicyclic) bond motifs is 1. The SMILES string of the molecule is CN=C(NCCCn1ccc2ccccc21)NCc1ccc(S(N)(=O)=O)cc1. The quantitative estimate of drug-likeness (QED) is 0.321. The van der Waals surface area contributed by atoms with Gasteiger partial charge in [0.1, 0.15) is 0 Å². The van der Waals surface area contributed by atoms with E-state index in [-0.39, 0.29) is 4.90 Å². The number of hydrogen-bond acceptors (Lipinski definition) is 3. The van der Waals surface area contributed by atoms with E-state index >= 15 is 0 Å². The summed E-state index contributed by atoms with van der Waals surface area (Å²) in [5.41, 5.74) is 2.18. The summed E-state index contributed by atoms with van der Waals surface area (Å²) in [6, 6.07) is 17.0. The summed E-state index contributed by atoms with van der Waals surface area (Å²) in [5, 5.41) is 12.9. The largest absolute Gasteiger partial charge is 0.356 e. The van der Waals surface area contributed by atoms with Gasteiger partial charge in [0.2, 0.25) is 10.0 Å². The van der Waals surface area contributed by atoms with E-state index in [0.717, 1.165) is 25.1 Å². The summed E-state index contributed by atoms with van der Waals surface area (Å²) < 4.78 is 24.8. The Hall–Kier alpha value is -2.84. The Balaban J connectivity index is 1.45. The van der Waals surface area contributed by atoms with Crippen LogP contribution in [0.2, 0.25) is 0 Å². The van der Waals surface area contributed by atoms with Crippen LogP contribution in [0.5, 0.6) is 0 Å². The number of rotatable bonds is 7. The van der Waals surface area contributed by atoms with E-state index in [2.05, 4.69) is 50.7 Å². The van der Waals surface area contributed by atoms with Gasteiger partial charge in [-0.3, -0.25) is 4.99 Å². The van der Waals surface area contributed by atoms with Crippen molar-refractivity contribution in [1.82, 2.24) is 15.2 Å². The number of guanidine groups is 1. The molecule has 3 rings (SSSR count). The third-order valence-corrected chi connectivity index (χ3v) is 5.41. The first-order valence-electron chi connectivity index (χ1n) is 9.07.